The minimum atomic E-state index is 0.568. The fourth-order valence-electron chi connectivity index (χ4n) is 2.64. The summed E-state index contributed by atoms with van der Waals surface area (Å²) < 4.78 is 7.40. The van der Waals surface area contributed by atoms with E-state index in [2.05, 4.69) is 39.2 Å². The van der Waals surface area contributed by atoms with Crippen LogP contribution in [0.25, 0.3) is 0 Å². The Kier molecular flexibility index (Phi) is 8.87. The first-order valence-corrected chi connectivity index (χ1v) is 10.8. The monoisotopic (exact) mass is 407 g/mol. The molecule has 0 aliphatic carbocycles. The van der Waals surface area contributed by atoms with Crippen LogP contribution in [0.1, 0.15) is 31.7 Å². The third-order valence-electron chi connectivity index (χ3n) is 4.00. The highest BCUT2D eigenvalue weighted by atomic mass is 32.2. The Morgan fingerprint density at radius 1 is 1.22 bits per heavy atom. The largest absolute Gasteiger partial charge is 0.497 e. The fourth-order valence-corrected chi connectivity index (χ4v) is 3.34. The Labute approximate surface area is 171 Å². The van der Waals surface area contributed by atoms with Crippen LogP contribution in [-0.2, 0) is 19.5 Å². The molecule has 0 spiro atoms. The van der Waals surface area contributed by atoms with Gasteiger partial charge in [0.15, 0.2) is 10.3 Å². The number of benzene rings is 1. The van der Waals surface area contributed by atoms with E-state index in [1.165, 1.54) is 0 Å². The Morgan fingerprint density at radius 2 is 1.96 bits per heavy atom. The minimum Gasteiger partial charge on any atom is -0.497 e. The fraction of sp³-hybridized carbons (Fsp3) is 0.526. The van der Waals surface area contributed by atoms with Crippen molar-refractivity contribution in [2.24, 2.45) is 5.92 Å². The first-order valence-electron chi connectivity index (χ1n) is 9.14. The number of nitrogens with one attached hydrogen (secondary N) is 2. The summed E-state index contributed by atoms with van der Waals surface area (Å²) in [6.07, 6.45) is 3.88. The molecular formula is C19H29N5OS2. The van der Waals surface area contributed by atoms with Crippen molar-refractivity contribution in [2.45, 2.75) is 44.9 Å². The third-order valence-corrected chi connectivity index (χ3v) is 4.95. The van der Waals surface area contributed by atoms with Gasteiger partial charge in [0.25, 0.3) is 0 Å². The van der Waals surface area contributed by atoms with Crippen molar-refractivity contribution in [3.63, 3.8) is 0 Å². The van der Waals surface area contributed by atoms with Crippen molar-refractivity contribution < 1.29 is 4.74 Å². The van der Waals surface area contributed by atoms with E-state index in [-0.39, 0.29) is 0 Å². The Hall–Kier alpha value is -1.80. The molecule has 1 aromatic heterocycles. The normalized spacial score (nSPS) is 10.9. The lowest BCUT2D eigenvalue weighted by Crippen LogP contribution is -2.35. The number of aromatic nitrogens is 3. The molecule has 6 nitrogen and oxygen atoms in total. The molecule has 0 unspecified atom stereocenters. The number of methoxy groups -OCH3 is 1. The molecular weight excluding hydrogens is 378 g/mol. The second-order valence-electron chi connectivity index (χ2n) is 6.67. The lowest BCUT2D eigenvalue weighted by molar-refractivity contribution is 0.414. The van der Waals surface area contributed by atoms with Gasteiger partial charge in [-0.05, 0) is 48.5 Å². The van der Waals surface area contributed by atoms with Crippen LogP contribution in [0.5, 0.6) is 5.75 Å². The van der Waals surface area contributed by atoms with E-state index in [4.69, 9.17) is 17.0 Å². The quantitative estimate of drug-likeness (QED) is 0.356. The van der Waals surface area contributed by atoms with Crippen LogP contribution in [0, 0.1) is 5.92 Å². The van der Waals surface area contributed by atoms with Gasteiger partial charge in [-0.15, -0.1) is 10.2 Å². The van der Waals surface area contributed by atoms with Crippen LogP contribution < -0.4 is 15.4 Å². The zero-order valence-corrected chi connectivity index (χ0v) is 18.1. The molecule has 1 aromatic carbocycles. The number of thiocarbonyl (C=S) groups is 1. The molecule has 0 amide bonds. The van der Waals surface area contributed by atoms with Crippen molar-refractivity contribution >= 4 is 29.1 Å². The minimum absolute atomic E-state index is 0.568. The summed E-state index contributed by atoms with van der Waals surface area (Å²) in [4.78, 5) is 0. The van der Waals surface area contributed by atoms with E-state index in [1.807, 2.05) is 30.5 Å². The number of ether oxygens (including phenoxy) is 1. The predicted molar refractivity (Wildman–Crippen MR) is 115 cm³/mol. The molecule has 1 heterocycles. The van der Waals surface area contributed by atoms with Gasteiger partial charge in [0.2, 0.25) is 0 Å². The predicted octanol–water partition coefficient (Wildman–Crippen LogP) is 3.26. The maximum Gasteiger partial charge on any atom is 0.190 e. The van der Waals surface area contributed by atoms with Gasteiger partial charge in [-0.2, -0.15) is 0 Å². The number of hydrogen-bond acceptors (Lipinski definition) is 5. The zero-order chi connectivity index (χ0) is 19.6. The summed E-state index contributed by atoms with van der Waals surface area (Å²) in [5, 5.41) is 16.8. The van der Waals surface area contributed by atoms with Gasteiger partial charge in [0.1, 0.15) is 11.6 Å². The highest BCUT2D eigenvalue weighted by molar-refractivity contribution is 7.98. The molecule has 0 bridgehead atoms. The average Bonchev–Trinajstić information content (AvgIpc) is 3.05. The SMILES string of the molecule is COc1ccc(CNC(=S)NCCCc2nnc(SC)n2CC(C)C)cc1. The number of thioether (sulfide) groups is 1. The van der Waals surface area contributed by atoms with E-state index in [1.54, 1.807) is 18.9 Å². The second-order valence-corrected chi connectivity index (χ2v) is 7.85. The molecule has 148 valence electrons. The molecule has 0 aliphatic rings. The average molecular weight is 408 g/mol. The summed E-state index contributed by atoms with van der Waals surface area (Å²) >= 11 is 7.00. The van der Waals surface area contributed by atoms with Crippen LogP contribution in [0.3, 0.4) is 0 Å². The Bertz CT molecular complexity index is 715. The summed E-state index contributed by atoms with van der Waals surface area (Å²) in [5.41, 5.74) is 1.16. The van der Waals surface area contributed by atoms with Gasteiger partial charge >= 0.3 is 0 Å². The first-order chi connectivity index (χ1) is 13.0. The molecule has 0 saturated carbocycles. The smallest absolute Gasteiger partial charge is 0.190 e. The molecule has 0 saturated heterocycles. The van der Waals surface area contributed by atoms with Crippen LogP contribution in [0.4, 0.5) is 0 Å². The molecule has 0 aliphatic heterocycles. The molecule has 0 radical (unpaired) electrons. The van der Waals surface area contributed by atoms with Crippen LogP contribution in [0.2, 0.25) is 0 Å². The summed E-state index contributed by atoms with van der Waals surface area (Å²) in [6, 6.07) is 7.95. The van der Waals surface area contributed by atoms with Crippen molar-refractivity contribution in [3.8, 4) is 5.75 Å². The van der Waals surface area contributed by atoms with Gasteiger partial charge in [0, 0.05) is 26.1 Å². The van der Waals surface area contributed by atoms with E-state index in [0.29, 0.717) is 17.6 Å². The molecule has 0 atom stereocenters. The highest BCUT2D eigenvalue weighted by Crippen LogP contribution is 2.16. The third kappa shape index (κ3) is 7.03. The number of hydrogen-bond donors (Lipinski definition) is 2. The molecule has 2 N–H and O–H groups in total. The lowest BCUT2D eigenvalue weighted by atomic mass is 10.2. The second kappa shape index (κ2) is 11.1. The topological polar surface area (TPSA) is 64.0 Å². The number of rotatable bonds is 10. The number of nitrogens with zero attached hydrogens (tertiary/aromatic N) is 3. The van der Waals surface area contributed by atoms with Gasteiger partial charge in [-0.3, -0.25) is 0 Å². The van der Waals surface area contributed by atoms with Crippen LogP contribution >= 0.6 is 24.0 Å². The van der Waals surface area contributed by atoms with E-state index in [0.717, 1.165) is 48.2 Å². The maximum atomic E-state index is 5.35. The lowest BCUT2D eigenvalue weighted by Gasteiger charge is -2.13. The van der Waals surface area contributed by atoms with E-state index < -0.39 is 0 Å². The van der Waals surface area contributed by atoms with Crippen LogP contribution in [0.15, 0.2) is 29.4 Å². The molecule has 2 rings (SSSR count). The molecule has 27 heavy (non-hydrogen) atoms. The number of aryl methyl sites for hydroxylation is 1. The van der Waals surface area contributed by atoms with Gasteiger partial charge in [-0.25, -0.2) is 0 Å². The van der Waals surface area contributed by atoms with E-state index in [9.17, 15) is 0 Å². The van der Waals surface area contributed by atoms with Crippen molar-refractivity contribution in [1.29, 1.82) is 0 Å². The zero-order valence-electron chi connectivity index (χ0n) is 16.5. The maximum absolute atomic E-state index is 5.35. The summed E-state index contributed by atoms with van der Waals surface area (Å²) in [6.45, 7) is 6.87. The van der Waals surface area contributed by atoms with Gasteiger partial charge in [-0.1, -0.05) is 37.7 Å². The molecule has 2 aromatic rings. The standard InChI is InChI=1S/C19H29N5OS2/c1-14(2)13-24-17(22-23-19(24)27-4)6-5-11-20-18(26)21-12-15-7-9-16(25-3)10-8-15/h7-10,14H,5-6,11-13H2,1-4H3,(H2,20,21,26). The molecule has 8 heteroatoms. The highest BCUT2D eigenvalue weighted by Gasteiger charge is 2.12. The van der Waals surface area contributed by atoms with Crippen molar-refractivity contribution in [3.05, 3.63) is 35.7 Å². The van der Waals surface area contributed by atoms with Crippen molar-refractivity contribution in [1.82, 2.24) is 25.4 Å². The van der Waals surface area contributed by atoms with Gasteiger partial charge in [0.05, 0.1) is 7.11 Å². The first kappa shape index (κ1) is 21.5. The van der Waals surface area contributed by atoms with E-state index >= 15 is 0 Å². The Balaban J connectivity index is 1.71. The Morgan fingerprint density at radius 3 is 2.59 bits per heavy atom. The van der Waals surface area contributed by atoms with Gasteiger partial charge < -0.3 is 19.9 Å². The summed E-state index contributed by atoms with van der Waals surface area (Å²) in [7, 11) is 1.67. The van der Waals surface area contributed by atoms with Crippen molar-refractivity contribution in [2.75, 3.05) is 19.9 Å². The summed E-state index contributed by atoms with van der Waals surface area (Å²) in [5.74, 6) is 2.47. The molecule has 0 fully saturated rings. The van der Waals surface area contributed by atoms with Crippen LogP contribution in [-0.4, -0.2) is 39.8 Å².